The van der Waals surface area contributed by atoms with E-state index in [2.05, 4.69) is 10.1 Å². The van der Waals surface area contributed by atoms with Crippen LogP contribution in [0.1, 0.15) is 12.8 Å². The molecule has 2 amide bonds. The third-order valence-corrected chi connectivity index (χ3v) is 3.29. The van der Waals surface area contributed by atoms with Crippen LogP contribution in [0.5, 0.6) is 5.75 Å². The van der Waals surface area contributed by atoms with Gasteiger partial charge in [-0.3, -0.25) is 9.59 Å². The van der Waals surface area contributed by atoms with Gasteiger partial charge in [0.15, 0.2) is 0 Å². The van der Waals surface area contributed by atoms with Gasteiger partial charge in [-0.15, -0.1) is 0 Å². The first-order valence-corrected chi connectivity index (χ1v) is 7.25. The van der Waals surface area contributed by atoms with Crippen LogP contribution in [-0.4, -0.2) is 49.6 Å². The van der Waals surface area contributed by atoms with Crippen molar-refractivity contribution in [2.24, 2.45) is 0 Å². The van der Waals surface area contributed by atoms with Crippen LogP contribution >= 0.6 is 0 Å². The first-order valence-electron chi connectivity index (χ1n) is 7.25. The van der Waals surface area contributed by atoms with Crippen molar-refractivity contribution in [2.45, 2.75) is 19.5 Å². The highest BCUT2D eigenvalue weighted by molar-refractivity contribution is 5.93. The Hall–Kier alpha value is -2.22. The molecule has 1 aromatic rings. The number of ether oxygens (including phenoxy) is 2. The number of hydrogen-bond acceptors (Lipinski definition) is 4. The van der Waals surface area contributed by atoms with E-state index in [1.807, 2.05) is 0 Å². The van der Waals surface area contributed by atoms with Gasteiger partial charge in [0.2, 0.25) is 11.8 Å². The molecule has 6 nitrogen and oxygen atoms in total. The van der Waals surface area contributed by atoms with Crippen molar-refractivity contribution in [3.8, 4) is 5.75 Å². The molecule has 1 aromatic carbocycles. The summed E-state index contributed by atoms with van der Waals surface area (Å²) >= 11 is 0. The second kappa shape index (κ2) is 8.42. The fraction of sp³-hybridized carbons (Fsp3) is 0.467. The molecule has 8 heteroatoms. The van der Waals surface area contributed by atoms with E-state index in [9.17, 15) is 18.4 Å². The summed E-state index contributed by atoms with van der Waals surface area (Å²) in [6.07, 6.45) is 0.184. The van der Waals surface area contributed by atoms with Crippen LogP contribution in [0.15, 0.2) is 24.3 Å². The van der Waals surface area contributed by atoms with Crippen molar-refractivity contribution >= 4 is 17.5 Å². The van der Waals surface area contributed by atoms with Crippen LogP contribution in [-0.2, 0) is 14.3 Å². The summed E-state index contributed by atoms with van der Waals surface area (Å²) in [4.78, 5) is 25.4. The molecule has 0 saturated carbocycles. The minimum Gasteiger partial charge on any atom is -0.435 e. The van der Waals surface area contributed by atoms with Crippen molar-refractivity contribution in [1.29, 1.82) is 0 Å². The maximum absolute atomic E-state index is 12.0. The Bertz CT molecular complexity index is 531. The van der Waals surface area contributed by atoms with Crippen LogP contribution in [0.2, 0.25) is 0 Å². The third kappa shape index (κ3) is 5.82. The molecule has 1 saturated heterocycles. The third-order valence-electron chi connectivity index (χ3n) is 3.29. The zero-order chi connectivity index (χ0) is 16.7. The molecule has 1 fully saturated rings. The number of morpholine rings is 1. The summed E-state index contributed by atoms with van der Waals surface area (Å²) in [7, 11) is 0. The topological polar surface area (TPSA) is 67.9 Å². The Kier molecular flexibility index (Phi) is 6.28. The van der Waals surface area contributed by atoms with Crippen LogP contribution in [0.4, 0.5) is 14.5 Å². The highest BCUT2D eigenvalue weighted by atomic mass is 19.3. The van der Waals surface area contributed by atoms with Gasteiger partial charge in [0, 0.05) is 31.6 Å². The van der Waals surface area contributed by atoms with Crippen molar-refractivity contribution < 1.29 is 27.8 Å². The van der Waals surface area contributed by atoms with E-state index in [1.165, 1.54) is 24.3 Å². The molecule has 0 radical (unpaired) electrons. The Morgan fingerprint density at radius 2 is 1.83 bits per heavy atom. The molecule has 126 valence electrons. The van der Waals surface area contributed by atoms with Gasteiger partial charge in [0.1, 0.15) is 5.75 Å². The summed E-state index contributed by atoms with van der Waals surface area (Å²) in [5.74, 6) is -0.376. The van der Waals surface area contributed by atoms with Crippen molar-refractivity contribution in [2.75, 3.05) is 31.6 Å². The number of rotatable bonds is 6. The zero-order valence-electron chi connectivity index (χ0n) is 12.5. The second-order valence-electron chi connectivity index (χ2n) is 4.94. The van der Waals surface area contributed by atoms with Crippen LogP contribution in [0, 0.1) is 0 Å². The number of carbonyl (C=O) groups excluding carboxylic acids is 2. The fourth-order valence-corrected chi connectivity index (χ4v) is 2.13. The van der Waals surface area contributed by atoms with Crippen LogP contribution < -0.4 is 10.1 Å². The normalized spacial score (nSPS) is 14.7. The first-order chi connectivity index (χ1) is 11.0. The van der Waals surface area contributed by atoms with Gasteiger partial charge < -0.3 is 19.7 Å². The number of amides is 2. The van der Waals surface area contributed by atoms with E-state index < -0.39 is 6.61 Å². The lowest BCUT2D eigenvalue weighted by Crippen LogP contribution is -2.40. The Morgan fingerprint density at radius 3 is 2.43 bits per heavy atom. The number of hydrogen-bond donors (Lipinski definition) is 1. The molecule has 0 spiro atoms. The molecule has 0 aliphatic carbocycles. The Balaban J connectivity index is 1.74. The standard InChI is InChI=1S/C15H18F2N2O4/c16-15(17)23-12-3-1-11(2-4-12)18-13(20)5-6-14(21)19-7-9-22-10-8-19/h1-4,15H,5-10H2,(H,18,20). The molecule has 2 rings (SSSR count). The van der Waals surface area contributed by atoms with Crippen molar-refractivity contribution in [3.05, 3.63) is 24.3 Å². The molecule has 23 heavy (non-hydrogen) atoms. The lowest BCUT2D eigenvalue weighted by Gasteiger charge is -2.26. The molecule has 0 bridgehead atoms. The molecule has 1 heterocycles. The number of alkyl halides is 2. The Morgan fingerprint density at radius 1 is 1.17 bits per heavy atom. The minimum absolute atomic E-state index is 0.0143. The lowest BCUT2D eigenvalue weighted by molar-refractivity contribution is -0.136. The largest absolute Gasteiger partial charge is 0.435 e. The maximum Gasteiger partial charge on any atom is 0.387 e. The molecule has 0 unspecified atom stereocenters. The van der Waals surface area contributed by atoms with Gasteiger partial charge in [-0.1, -0.05) is 0 Å². The number of carbonyl (C=O) groups is 2. The van der Waals surface area contributed by atoms with Gasteiger partial charge in [-0.25, -0.2) is 0 Å². The highest BCUT2D eigenvalue weighted by Gasteiger charge is 2.17. The van der Waals surface area contributed by atoms with Crippen LogP contribution in [0.25, 0.3) is 0 Å². The van der Waals surface area contributed by atoms with E-state index in [4.69, 9.17) is 4.74 Å². The van der Waals surface area contributed by atoms with Crippen molar-refractivity contribution in [1.82, 2.24) is 4.90 Å². The predicted octanol–water partition coefficient (Wildman–Crippen LogP) is 1.87. The molecule has 1 N–H and O–H groups in total. The smallest absolute Gasteiger partial charge is 0.387 e. The first kappa shape index (κ1) is 17.1. The summed E-state index contributed by atoms with van der Waals surface area (Å²) in [5, 5.41) is 2.60. The SMILES string of the molecule is O=C(CCC(=O)N1CCOCC1)Nc1ccc(OC(F)F)cc1. The van der Waals surface area contributed by atoms with Crippen molar-refractivity contribution in [3.63, 3.8) is 0 Å². The molecule has 1 aliphatic rings. The number of nitrogens with zero attached hydrogens (tertiary/aromatic N) is 1. The van der Waals surface area contributed by atoms with E-state index in [1.54, 1.807) is 4.90 Å². The zero-order valence-corrected chi connectivity index (χ0v) is 12.5. The van der Waals surface area contributed by atoms with Crippen LogP contribution in [0.3, 0.4) is 0 Å². The average Bonchev–Trinajstić information content (AvgIpc) is 2.55. The van der Waals surface area contributed by atoms with Gasteiger partial charge in [-0.05, 0) is 24.3 Å². The maximum atomic E-state index is 12.0. The molecule has 1 aliphatic heterocycles. The molecular weight excluding hydrogens is 310 g/mol. The molecule has 0 aromatic heterocycles. The second-order valence-corrected chi connectivity index (χ2v) is 4.94. The summed E-state index contributed by atoms with van der Waals surface area (Å²) in [5.41, 5.74) is 0.454. The quantitative estimate of drug-likeness (QED) is 0.865. The van der Waals surface area contributed by atoms with E-state index in [0.717, 1.165) is 0 Å². The van der Waals surface area contributed by atoms with E-state index >= 15 is 0 Å². The summed E-state index contributed by atoms with van der Waals surface area (Å²) in [6.45, 7) is -0.754. The van der Waals surface area contributed by atoms with Gasteiger partial charge in [0.25, 0.3) is 0 Å². The summed E-state index contributed by atoms with van der Waals surface area (Å²) < 4.78 is 33.4. The molecular formula is C15H18F2N2O4. The lowest BCUT2D eigenvalue weighted by atomic mass is 10.2. The summed E-state index contributed by atoms with van der Waals surface area (Å²) in [6, 6.07) is 5.58. The Labute approximate surface area is 132 Å². The highest BCUT2D eigenvalue weighted by Crippen LogP contribution is 2.18. The van der Waals surface area contributed by atoms with E-state index in [0.29, 0.717) is 32.0 Å². The van der Waals surface area contributed by atoms with E-state index in [-0.39, 0.29) is 30.4 Å². The number of benzene rings is 1. The van der Waals surface area contributed by atoms with Gasteiger partial charge in [0.05, 0.1) is 13.2 Å². The average molecular weight is 328 g/mol. The monoisotopic (exact) mass is 328 g/mol. The molecule has 0 atom stereocenters. The fourth-order valence-electron chi connectivity index (χ4n) is 2.13. The predicted molar refractivity (Wildman–Crippen MR) is 78.3 cm³/mol. The van der Waals surface area contributed by atoms with Gasteiger partial charge >= 0.3 is 6.61 Å². The van der Waals surface area contributed by atoms with Gasteiger partial charge in [-0.2, -0.15) is 8.78 Å². The number of anilines is 1. The number of halogens is 2. The minimum atomic E-state index is -2.89. The number of nitrogens with one attached hydrogen (secondary N) is 1.